The van der Waals surface area contributed by atoms with E-state index in [2.05, 4.69) is 25.5 Å². The Morgan fingerprint density at radius 1 is 1.06 bits per heavy atom. The second kappa shape index (κ2) is 9.43. The fourth-order valence-corrected chi connectivity index (χ4v) is 3.79. The number of aryl methyl sites for hydroxylation is 1. The van der Waals surface area contributed by atoms with E-state index in [9.17, 15) is 4.79 Å². The van der Waals surface area contributed by atoms with Crippen LogP contribution in [0.15, 0.2) is 67.1 Å². The Kier molecular flexibility index (Phi) is 6.02. The van der Waals surface area contributed by atoms with Crippen LogP contribution in [0.2, 0.25) is 5.02 Å². The Balaban J connectivity index is 1.43. The van der Waals surface area contributed by atoms with Crippen LogP contribution in [0.3, 0.4) is 0 Å². The number of hydrogen-bond acceptors (Lipinski definition) is 7. The lowest BCUT2D eigenvalue weighted by Crippen LogP contribution is -2.22. The van der Waals surface area contributed by atoms with Crippen molar-refractivity contribution in [2.24, 2.45) is 0 Å². The van der Waals surface area contributed by atoms with Crippen molar-refractivity contribution >= 4 is 34.4 Å². The fraction of sp³-hybridized carbons (Fsp3) is 0.125. The lowest BCUT2D eigenvalue weighted by atomic mass is 10.3. The number of ether oxygens (including phenoxy) is 2. The summed E-state index contributed by atoms with van der Waals surface area (Å²) < 4.78 is 14.1. The zero-order chi connectivity index (χ0) is 24.4. The maximum absolute atomic E-state index is 12.7. The van der Waals surface area contributed by atoms with E-state index in [4.69, 9.17) is 21.1 Å². The van der Waals surface area contributed by atoms with Crippen LogP contribution in [0.1, 0.15) is 5.69 Å². The molecule has 0 fully saturated rings. The van der Waals surface area contributed by atoms with Crippen molar-refractivity contribution in [1.29, 1.82) is 0 Å². The molecule has 0 atom stereocenters. The van der Waals surface area contributed by atoms with Crippen LogP contribution < -0.4 is 14.8 Å². The van der Waals surface area contributed by atoms with Crippen molar-refractivity contribution in [3.8, 4) is 23.0 Å². The van der Waals surface area contributed by atoms with Crippen LogP contribution >= 0.6 is 11.6 Å². The highest BCUT2D eigenvalue weighted by atomic mass is 35.5. The van der Waals surface area contributed by atoms with Gasteiger partial charge in [-0.1, -0.05) is 29.8 Å². The normalized spacial score (nSPS) is 10.9. The van der Waals surface area contributed by atoms with E-state index in [1.807, 2.05) is 25.1 Å². The topological polar surface area (TPSA) is 109 Å². The molecule has 0 unspecified atom stereocenters. The van der Waals surface area contributed by atoms with E-state index in [1.165, 1.54) is 6.33 Å². The summed E-state index contributed by atoms with van der Waals surface area (Å²) in [6, 6.07) is 16.2. The number of carbonyl (C=O) groups excluding carboxylic acids is 1. The van der Waals surface area contributed by atoms with E-state index < -0.39 is 0 Å². The van der Waals surface area contributed by atoms with Gasteiger partial charge in [-0.15, -0.1) is 0 Å². The van der Waals surface area contributed by atoms with E-state index in [-0.39, 0.29) is 12.5 Å². The van der Waals surface area contributed by atoms with Crippen LogP contribution in [0.25, 0.3) is 22.5 Å². The van der Waals surface area contributed by atoms with Gasteiger partial charge in [-0.25, -0.2) is 14.6 Å². The number of para-hydroxylation sites is 2. The second-order valence-corrected chi connectivity index (χ2v) is 7.98. The number of fused-ring (bicyclic) bond motifs is 1. The van der Waals surface area contributed by atoms with Crippen LogP contribution in [0, 0.1) is 6.92 Å². The predicted octanol–water partition coefficient (Wildman–Crippen LogP) is 3.99. The molecule has 1 N–H and O–H groups in total. The molecule has 35 heavy (non-hydrogen) atoms. The highest BCUT2D eigenvalue weighted by Gasteiger charge is 2.18. The first-order valence-corrected chi connectivity index (χ1v) is 11.0. The minimum atomic E-state index is -0.364. The summed E-state index contributed by atoms with van der Waals surface area (Å²) in [4.78, 5) is 21.5. The van der Waals surface area contributed by atoms with Crippen molar-refractivity contribution in [2.75, 3.05) is 19.0 Å². The molecule has 5 rings (SSSR count). The van der Waals surface area contributed by atoms with Crippen molar-refractivity contribution in [3.05, 3.63) is 77.8 Å². The smallest absolute Gasteiger partial charge is 0.263 e. The molecule has 3 heterocycles. The van der Waals surface area contributed by atoms with Gasteiger partial charge in [0.2, 0.25) is 0 Å². The Hall–Kier alpha value is -4.44. The molecule has 10 nitrogen and oxygen atoms in total. The summed E-state index contributed by atoms with van der Waals surface area (Å²) in [5.41, 5.74) is 2.03. The maximum atomic E-state index is 12.7. The van der Waals surface area contributed by atoms with Gasteiger partial charge in [0, 0.05) is 11.1 Å². The predicted molar refractivity (Wildman–Crippen MR) is 131 cm³/mol. The molecule has 0 aliphatic rings. The largest absolute Gasteiger partial charge is 0.493 e. The Bertz CT molecular complexity index is 1530. The van der Waals surface area contributed by atoms with Crippen molar-refractivity contribution in [2.45, 2.75) is 6.92 Å². The molecule has 2 aromatic carbocycles. The molecular formula is C24H20ClN7O3. The van der Waals surface area contributed by atoms with Gasteiger partial charge in [-0.2, -0.15) is 14.9 Å². The number of methoxy groups -OCH3 is 1. The van der Waals surface area contributed by atoms with Gasteiger partial charge >= 0.3 is 0 Å². The monoisotopic (exact) mass is 489 g/mol. The van der Waals surface area contributed by atoms with Gasteiger partial charge < -0.3 is 14.8 Å². The molecule has 0 aliphatic heterocycles. The van der Waals surface area contributed by atoms with Crippen molar-refractivity contribution in [1.82, 2.24) is 29.5 Å². The number of benzene rings is 2. The average Bonchev–Trinajstić information content (AvgIpc) is 3.46. The Morgan fingerprint density at radius 3 is 2.69 bits per heavy atom. The van der Waals surface area contributed by atoms with Crippen molar-refractivity contribution in [3.63, 3.8) is 0 Å². The number of halogens is 1. The number of hydrogen-bond donors (Lipinski definition) is 1. The average molecular weight is 490 g/mol. The molecule has 176 valence electrons. The zero-order valence-corrected chi connectivity index (χ0v) is 19.6. The van der Waals surface area contributed by atoms with E-state index in [0.717, 1.165) is 5.69 Å². The third-order valence-corrected chi connectivity index (χ3v) is 5.36. The van der Waals surface area contributed by atoms with E-state index >= 15 is 0 Å². The summed E-state index contributed by atoms with van der Waals surface area (Å²) in [6.45, 7) is 1.61. The van der Waals surface area contributed by atoms with Crippen LogP contribution in [0.5, 0.6) is 11.5 Å². The number of nitrogens with one attached hydrogen (secondary N) is 1. The molecule has 0 saturated heterocycles. The van der Waals surface area contributed by atoms with Crippen LogP contribution in [0.4, 0.5) is 5.82 Å². The van der Waals surface area contributed by atoms with E-state index in [1.54, 1.807) is 59.1 Å². The molecule has 0 spiro atoms. The lowest BCUT2D eigenvalue weighted by Gasteiger charge is -2.11. The summed E-state index contributed by atoms with van der Waals surface area (Å²) in [5.74, 6) is 1.56. The van der Waals surface area contributed by atoms with Gasteiger partial charge in [0.25, 0.3) is 5.91 Å². The second-order valence-electron chi connectivity index (χ2n) is 7.54. The minimum Gasteiger partial charge on any atom is -0.493 e. The third kappa shape index (κ3) is 4.51. The summed E-state index contributed by atoms with van der Waals surface area (Å²) >= 11 is 6.15. The molecule has 0 radical (unpaired) electrons. The molecule has 1 amide bonds. The van der Waals surface area contributed by atoms with Gasteiger partial charge in [-0.3, -0.25) is 4.79 Å². The fourth-order valence-electron chi connectivity index (χ4n) is 3.61. The maximum Gasteiger partial charge on any atom is 0.263 e. The van der Waals surface area contributed by atoms with Gasteiger partial charge in [-0.05, 0) is 37.3 Å². The number of anilines is 1. The number of aromatic nitrogens is 6. The molecule has 11 heteroatoms. The molecule has 5 aromatic rings. The number of amides is 1. The highest BCUT2D eigenvalue weighted by molar-refractivity contribution is 6.30. The molecular weight excluding hydrogens is 470 g/mol. The quantitative estimate of drug-likeness (QED) is 0.368. The minimum absolute atomic E-state index is 0.212. The summed E-state index contributed by atoms with van der Waals surface area (Å²) in [6.07, 6.45) is 3.08. The van der Waals surface area contributed by atoms with Crippen LogP contribution in [-0.4, -0.2) is 49.2 Å². The van der Waals surface area contributed by atoms with E-state index in [0.29, 0.717) is 44.9 Å². The standard InChI is InChI=1S/C24H20ClN7O3/c1-15-10-21(29-22(33)13-35-20-9-4-3-8-19(20)34-2)32(30-15)24-18-12-28-31(23(18)26-14-27-24)17-7-5-6-16(25)11-17/h3-12,14H,13H2,1-2H3,(H,29,33). The van der Waals surface area contributed by atoms with Gasteiger partial charge in [0.15, 0.2) is 29.6 Å². The SMILES string of the molecule is COc1ccccc1OCC(=O)Nc1cc(C)nn1-c1ncnc2c1cnn2-c1cccc(Cl)c1. The molecule has 0 saturated carbocycles. The highest BCUT2D eigenvalue weighted by Crippen LogP contribution is 2.27. The summed E-state index contributed by atoms with van der Waals surface area (Å²) in [7, 11) is 1.54. The number of carbonyl (C=O) groups is 1. The van der Waals surface area contributed by atoms with Crippen molar-refractivity contribution < 1.29 is 14.3 Å². The Morgan fingerprint density at radius 2 is 1.89 bits per heavy atom. The third-order valence-electron chi connectivity index (χ3n) is 5.13. The first kappa shape index (κ1) is 22.4. The number of nitrogens with zero attached hydrogens (tertiary/aromatic N) is 6. The lowest BCUT2D eigenvalue weighted by molar-refractivity contribution is -0.118. The van der Waals surface area contributed by atoms with Crippen LogP contribution in [-0.2, 0) is 4.79 Å². The Labute approximate surface area is 205 Å². The molecule has 0 aliphatic carbocycles. The summed E-state index contributed by atoms with van der Waals surface area (Å²) in [5, 5.41) is 13.1. The zero-order valence-electron chi connectivity index (χ0n) is 18.8. The first-order valence-electron chi connectivity index (χ1n) is 10.6. The van der Waals surface area contributed by atoms with Gasteiger partial charge in [0.1, 0.15) is 12.1 Å². The number of rotatable bonds is 7. The molecule has 3 aromatic heterocycles. The first-order chi connectivity index (χ1) is 17.0. The molecule has 0 bridgehead atoms. The van der Waals surface area contributed by atoms with Gasteiger partial charge in [0.05, 0.1) is 30.1 Å².